The van der Waals surface area contributed by atoms with Crippen molar-refractivity contribution in [2.24, 2.45) is 0 Å². The molecule has 28 heavy (non-hydrogen) atoms. The maximum absolute atomic E-state index is 12.6. The Balaban J connectivity index is 1.69. The molecule has 0 saturated heterocycles. The van der Waals surface area contributed by atoms with Crippen LogP contribution in [0.2, 0.25) is 0 Å². The molecule has 3 aromatic rings. The molecule has 1 amide bonds. The van der Waals surface area contributed by atoms with Crippen molar-refractivity contribution < 1.29 is 14.3 Å². The number of nitriles is 1. The number of aromatic amines is 2. The first-order valence-corrected chi connectivity index (χ1v) is 8.13. The number of hydrogen-bond donors (Lipinski definition) is 3. The van der Waals surface area contributed by atoms with Crippen LogP contribution in [0.1, 0.15) is 5.56 Å². The van der Waals surface area contributed by atoms with E-state index in [9.17, 15) is 19.6 Å². The van der Waals surface area contributed by atoms with Crippen LogP contribution in [-0.2, 0) is 4.79 Å². The van der Waals surface area contributed by atoms with Crippen LogP contribution in [0.4, 0.5) is 5.69 Å². The van der Waals surface area contributed by atoms with Crippen molar-refractivity contribution in [1.29, 1.82) is 5.26 Å². The van der Waals surface area contributed by atoms with Gasteiger partial charge < -0.3 is 14.8 Å². The molecule has 0 saturated carbocycles. The molecular formula is C19H12N4O5. The topological polar surface area (TPSA) is 137 Å². The van der Waals surface area contributed by atoms with E-state index in [4.69, 9.17) is 9.47 Å². The van der Waals surface area contributed by atoms with Gasteiger partial charge in [0, 0.05) is 0 Å². The van der Waals surface area contributed by atoms with E-state index in [1.54, 1.807) is 18.2 Å². The fraction of sp³-hybridized carbons (Fsp3) is 0.0526. The molecule has 3 N–H and O–H groups in total. The Labute approximate surface area is 156 Å². The minimum absolute atomic E-state index is 0.0277. The maximum Gasteiger partial charge on any atom is 0.272 e. The van der Waals surface area contributed by atoms with Crippen LogP contribution in [0, 0.1) is 11.3 Å². The molecule has 9 heteroatoms. The van der Waals surface area contributed by atoms with E-state index in [2.05, 4.69) is 15.5 Å². The number of nitrogens with one attached hydrogen (secondary N) is 3. The number of amides is 1. The van der Waals surface area contributed by atoms with Gasteiger partial charge in [-0.3, -0.25) is 24.6 Å². The van der Waals surface area contributed by atoms with Gasteiger partial charge in [0.1, 0.15) is 11.6 Å². The molecule has 138 valence electrons. The summed E-state index contributed by atoms with van der Waals surface area (Å²) in [6.07, 6.45) is 1.39. The summed E-state index contributed by atoms with van der Waals surface area (Å²) in [5, 5.41) is 16.5. The molecule has 0 fully saturated rings. The van der Waals surface area contributed by atoms with Crippen molar-refractivity contribution in [3.8, 4) is 17.6 Å². The predicted octanol–water partition coefficient (Wildman–Crippen LogP) is 1.49. The standard InChI is InChI=1S/C19H12N4O5/c20-8-11(6-10-4-5-14-15(7-10)28-9-27-14)17(24)21-13-3-1-2-12-16(13)19(26)23-22-18(12)25/h1-7H,9H2,(H,21,24)(H,22,25)(H,23,26). The molecule has 0 spiro atoms. The SMILES string of the molecule is N#CC(=Cc1ccc2c(c1)OCO2)C(=O)Nc1cccc2c(=O)[nH][nH]c(=O)c12. The van der Waals surface area contributed by atoms with Crippen molar-refractivity contribution in [3.63, 3.8) is 0 Å². The Hall–Kier alpha value is -4.32. The smallest absolute Gasteiger partial charge is 0.272 e. The van der Waals surface area contributed by atoms with E-state index in [-0.39, 0.29) is 28.8 Å². The van der Waals surface area contributed by atoms with Crippen LogP contribution < -0.4 is 25.9 Å². The quantitative estimate of drug-likeness (QED) is 0.468. The molecule has 1 aromatic heterocycles. The van der Waals surface area contributed by atoms with Gasteiger partial charge in [0.15, 0.2) is 11.5 Å². The minimum atomic E-state index is -0.715. The summed E-state index contributed by atoms with van der Waals surface area (Å²) in [4.78, 5) is 36.5. The Morgan fingerprint density at radius 2 is 1.89 bits per heavy atom. The first kappa shape index (κ1) is 17.1. The summed E-state index contributed by atoms with van der Waals surface area (Å²) in [5.74, 6) is 0.388. The van der Waals surface area contributed by atoms with E-state index >= 15 is 0 Å². The molecule has 0 aliphatic carbocycles. The Morgan fingerprint density at radius 1 is 1.11 bits per heavy atom. The zero-order valence-corrected chi connectivity index (χ0v) is 14.2. The maximum atomic E-state index is 12.6. The highest BCUT2D eigenvalue weighted by molar-refractivity contribution is 6.12. The lowest BCUT2D eigenvalue weighted by molar-refractivity contribution is -0.112. The van der Waals surface area contributed by atoms with Gasteiger partial charge in [-0.05, 0) is 35.9 Å². The number of aromatic nitrogens is 2. The lowest BCUT2D eigenvalue weighted by Gasteiger charge is -2.07. The van der Waals surface area contributed by atoms with Gasteiger partial charge >= 0.3 is 0 Å². The van der Waals surface area contributed by atoms with Crippen LogP contribution in [0.25, 0.3) is 16.8 Å². The number of fused-ring (bicyclic) bond motifs is 2. The Bertz CT molecular complexity index is 1300. The number of carbonyl (C=O) groups excluding carboxylic acids is 1. The van der Waals surface area contributed by atoms with Gasteiger partial charge in [-0.1, -0.05) is 12.1 Å². The van der Waals surface area contributed by atoms with Crippen LogP contribution >= 0.6 is 0 Å². The lowest BCUT2D eigenvalue weighted by Crippen LogP contribution is -2.21. The molecule has 1 aliphatic rings. The van der Waals surface area contributed by atoms with E-state index < -0.39 is 17.0 Å². The van der Waals surface area contributed by atoms with E-state index in [1.165, 1.54) is 24.3 Å². The fourth-order valence-corrected chi connectivity index (χ4v) is 2.84. The van der Waals surface area contributed by atoms with Gasteiger partial charge in [0.05, 0.1) is 16.5 Å². The number of carbonyl (C=O) groups is 1. The van der Waals surface area contributed by atoms with E-state index in [0.29, 0.717) is 17.1 Å². The number of H-pyrrole nitrogens is 2. The molecule has 0 radical (unpaired) electrons. The zero-order valence-electron chi connectivity index (χ0n) is 14.2. The van der Waals surface area contributed by atoms with Crippen LogP contribution in [0.5, 0.6) is 11.5 Å². The molecule has 4 rings (SSSR count). The summed E-state index contributed by atoms with van der Waals surface area (Å²) in [7, 11) is 0. The highest BCUT2D eigenvalue weighted by Crippen LogP contribution is 2.33. The number of ether oxygens (including phenoxy) is 2. The first-order valence-electron chi connectivity index (χ1n) is 8.13. The number of nitrogens with zero attached hydrogens (tertiary/aromatic N) is 1. The third-order valence-electron chi connectivity index (χ3n) is 4.15. The van der Waals surface area contributed by atoms with Crippen molar-refractivity contribution in [2.45, 2.75) is 0 Å². The highest BCUT2D eigenvalue weighted by Gasteiger charge is 2.16. The Morgan fingerprint density at radius 3 is 2.71 bits per heavy atom. The van der Waals surface area contributed by atoms with Crippen LogP contribution in [0.3, 0.4) is 0 Å². The minimum Gasteiger partial charge on any atom is -0.454 e. The second-order valence-corrected chi connectivity index (χ2v) is 5.87. The zero-order chi connectivity index (χ0) is 19.7. The number of anilines is 1. The van der Waals surface area contributed by atoms with E-state index in [0.717, 1.165) is 0 Å². The normalized spacial score (nSPS) is 12.6. The second kappa shape index (κ2) is 6.77. The van der Waals surface area contributed by atoms with Crippen molar-refractivity contribution in [3.05, 3.63) is 68.2 Å². The van der Waals surface area contributed by atoms with Gasteiger partial charge in [0.2, 0.25) is 6.79 Å². The van der Waals surface area contributed by atoms with Crippen molar-refractivity contribution in [1.82, 2.24) is 10.2 Å². The average molecular weight is 376 g/mol. The summed E-state index contributed by atoms with van der Waals surface area (Å²) >= 11 is 0. The molecule has 0 bridgehead atoms. The van der Waals surface area contributed by atoms with Gasteiger partial charge in [-0.2, -0.15) is 5.26 Å². The highest BCUT2D eigenvalue weighted by atomic mass is 16.7. The first-order chi connectivity index (χ1) is 13.6. The molecule has 1 aliphatic heterocycles. The number of rotatable bonds is 3. The second-order valence-electron chi connectivity index (χ2n) is 5.87. The monoisotopic (exact) mass is 376 g/mol. The predicted molar refractivity (Wildman–Crippen MR) is 100.0 cm³/mol. The van der Waals surface area contributed by atoms with Gasteiger partial charge in [0.25, 0.3) is 17.0 Å². The summed E-state index contributed by atoms with van der Waals surface area (Å²) in [6, 6.07) is 11.3. The van der Waals surface area contributed by atoms with Crippen molar-refractivity contribution >= 4 is 28.4 Å². The molecule has 0 unspecified atom stereocenters. The van der Waals surface area contributed by atoms with E-state index in [1.807, 2.05) is 6.07 Å². The fourth-order valence-electron chi connectivity index (χ4n) is 2.84. The summed E-state index contributed by atoms with van der Waals surface area (Å²) in [5.41, 5.74) is -0.548. The molecule has 0 atom stereocenters. The van der Waals surface area contributed by atoms with Crippen LogP contribution in [-0.4, -0.2) is 22.9 Å². The lowest BCUT2D eigenvalue weighted by atomic mass is 10.1. The average Bonchev–Trinajstić information content (AvgIpc) is 3.17. The van der Waals surface area contributed by atoms with Gasteiger partial charge in [-0.25, -0.2) is 0 Å². The number of benzene rings is 2. The number of hydrogen-bond acceptors (Lipinski definition) is 6. The molecule has 2 heterocycles. The summed E-state index contributed by atoms with van der Waals surface area (Å²) < 4.78 is 10.5. The molecular weight excluding hydrogens is 364 g/mol. The largest absolute Gasteiger partial charge is 0.454 e. The summed E-state index contributed by atoms with van der Waals surface area (Å²) in [6.45, 7) is 0.114. The van der Waals surface area contributed by atoms with Crippen molar-refractivity contribution in [2.75, 3.05) is 12.1 Å². The molecule has 9 nitrogen and oxygen atoms in total. The third-order valence-corrected chi connectivity index (χ3v) is 4.15. The molecule has 2 aromatic carbocycles. The van der Waals surface area contributed by atoms with Crippen LogP contribution in [0.15, 0.2) is 51.6 Å². The Kier molecular flexibility index (Phi) is 4.14. The van der Waals surface area contributed by atoms with Gasteiger partial charge in [-0.15, -0.1) is 0 Å². The third kappa shape index (κ3) is 2.99.